The molecule has 1 aliphatic heterocycles. The number of nitrogens with zero attached hydrogens (tertiary/aromatic N) is 1. The highest BCUT2D eigenvalue weighted by Crippen LogP contribution is 2.27. The van der Waals surface area contributed by atoms with Crippen molar-refractivity contribution < 1.29 is 23.4 Å². The van der Waals surface area contributed by atoms with Gasteiger partial charge in [-0.15, -0.1) is 0 Å². The first-order chi connectivity index (χ1) is 12.1. The summed E-state index contributed by atoms with van der Waals surface area (Å²) in [6.07, 6.45) is -0.174. The Kier molecular flexibility index (Phi) is 5.96. The number of hydrogen-bond acceptors (Lipinski definition) is 4. The third-order valence-electron chi connectivity index (χ3n) is 4.22. The zero-order valence-electron chi connectivity index (χ0n) is 13.8. The molecule has 1 heterocycles. The van der Waals surface area contributed by atoms with Crippen molar-refractivity contribution in [2.24, 2.45) is 0 Å². The molecule has 1 N–H and O–H groups in total. The van der Waals surface area contributed by atoms with Crippen molar-refractivity contribution in [3.63, 3.8) is 0 Å². The summed E-state index contributed by atoms with van der Waals surface area (Å²) in [5.41, 5.74) is 2.88. The Hall–Kier alpha value is -2.02. The predicted molar refractivity (Wildman–Crippen MR) is 89.4 cm³/mol. The van der Waals surface area contributed by atoms with Gasteiger partial charge in [0.2, 0.25) is 0 Å². The predicted octanol–water partition coefficient (Wildman–Crippen LogP) is 3.35. The minimum atomic E-state index is -2.83. The minimum absolute atomic E-state index is 0.0386. The average molecular weight is 349 g/mol. The summed E-state index contributed by atoms with van der Waals surface area (Å²) in [7, 11) is 0. The lowest BCUT2D eigenvalue weighted by Gasteiger charge is -2.33. The lowest BCUT2D eigenvalue weighted by molar-refractivity contribution is -0.0509. The van der Waals surface area contributed by atoms with Gasteiger partial charge in [-0.25, -0.2) is 0 Å². The first-order valence-corrected chi connectivity index (χ1v) is 8.21. The molecule has 2 aromatic rings. The van der Waals surface area contributed by atoms with Gasteiger partial charge < -0.3 is 14.6 Å². The van der Waals surface area contributed by atoms with Crippen molar-refractivity contribution in [2.75, 3.05) is 19.7 Å². The Labute approximate surface area is 145 Å². The smallest absolute Gasteiger partial charge is 0.387 e. The van der Waals surface area contributed by atoms with Crippen molar-refractivity contribution in [2.45, 2.75) is 25.9 Å². The molecule has 1 aliphatic rings. The van der Waals surface area contributed by atoms with Crippen LogP contribution in [0.1, 0.15) is 22.8 Å². The molecule has 0 amide bonds. The van der Waals surface area contributed by atoms with Gasteiger partial charge in [-0.3, -0.25) is 4.90 Å². The number of rotatable bonds is 6. The Morgan fingerprint density at radius 1 is 1.16 bits per heavy atom. The Morgan fingerprint density at radius 3 is 2.64 bits per heavy atom. The highest BCUT2D eigenvalue weighted by molar-refractivity contribution is 5.30. The minimum Gasteiger partial charge on any atom is -0.435 e. The SMILES string of the molecule is OCc1ccc(CN2CCO[C@H](c3cccc(OC(F)F)c3)C2)cc1. The van der Waals surface area contributed by atoms with E-state index in [4.69, 9.17) is 9.84 Å². The highest BCUT2D eigenvalue weighted by atomic mass is 19.3. The zero-order chi connectivity index (χ0) is 17.6. The molecule has 1 atom stereocenters. The molecule has 1 fully saturated rings. The van der Waals surface area contributed by atoms with Crippen LogP contribution in [0.15, 0.2) is 48.5 Å². The normalized spacial score (nSPS) is 18.5. The van der Waals surface area contributed by atoms with E-state index >= 15 is 0 Å². The van der Waals surface area contributed by atoms with Gasteiger partial charge in [-0.1, -0.05) is 36.4 Å². The molecule has 6 heteroatoms. The molecule has 0 unspecified atom stereocenters. The van der Waals surface area contributed by atoms with Gasteiger partial charge in [-0.2, -0.15) is 8.78 Å². The van der Waals surface area contributed by atoms with E-state index in [1.54, 1.807) is 12.1 Å². The second-order valence-corrected chi connectivity index (χ2v) is 6.02. The largest absolute Gasteiger partial charge is 0.435 e. The van der Waals surface area contributed by atoms with E-state index < -0.39 is 6.61 Å². The second-order valence-electron chi connectivity index (χ2n) is 6.02. The average Bonchev–Trinajstić information content (AvgIpc) is 2.62. The van der Waals surface area contributed by atoms with Crippen LogP contribution in [-0.4, -0.2) is 36.3 Å². The molecule has 0 radical (unpaired) electrons. The number of ether oxygens (including phenoxy) is 2. The summed E-state index contributed by atoms with van der Waals surface area (Å²) >= 11 is 0. The monoisotopic (exact) mass is 349 g/mol. The summed E-state index contributed by atoms with van der Waals surface area (Å²) in [6, 6.07) is 14.5. The molecule has 0 aliphatic carbocycles. The number of alkyl halides is 2. The van der Waals surface area contributed by atoms with Gasteiger partial charge in [0.15, 0.2) is 0 Å². The Morgan fingerprint density at radius 2 is 1.92 bits per heavy atom. The molecule has 2 aromatic carbocycles. The fraction of sp³-hybridized carbons (Fsp3) is 0.368. The van der Waals surface area contributed by atoms with Crippen LogP contribution in [0.4, 0.5) is 8.78 Å². The molecule has 1 saturated heterocycles. The van der Waals surface area contributed by atoms with Crippen molar-refractivity contribution in [3.05, 3.63) is 65.2 Å². The maximum absolute atomic E-state index is 12.4. The molecule has 3 rings (SSSR count). The summed E-state index contributed by atoms with van der Waals surface area (Å²) < 4.78 is 35.0. The number of halogens is 2. The standard InChI is InChI=1S/C19H21F2NO3/c20-19(21)25-17-3-1-2-16(10-17)18-12-22(8-9-24-18)11-14-4-6-15(13-23)7-5-14/h1-7,10,18-19,23H,8-9,11-13H2/t18-/m0/s1. The van der Waals surface area contributed by atoms with E-state index in [1.807, 2.05) is 30.3 Å². The zero-order valence-corrected chi connectivity index (χ0v) is 13.8. The molecule has 0 bridgehead atoms. The van der Waals surface area contributed by atoms with E-state index in [1.165, 1.54) is 6.07 Å². The first kappa shape index (κ1) is 17.8. The summed E-state index contributed by atoms with van der Waals surface area (Å²) in [5.74, 6) is 0.146. The van der Waals surface area contributed by atoms with Crippen LogP contribution in [0.25, 0.3) is 0 Å². The number of aliphatic hydroxyl groups excluding tert-OH is 1. The van der Waals surface area contributed by atoms with Crippen LogP contribution in [0.3, 0.4) is 0 Å². The third-order valence-corrected chi connectivity index (χ3v) is 4.22. The molecule has 4 nitrogen and oxygen atoms in total. The van der Waals surface area contributed by atoms with E-state index in [9.17, 15) is 8.78 Å². The number of aliphatic hydroxyl groups is 1. The van der Waals surface area contributed by atoms with Crippen molar-refractivity contribution in [3.8, 4) is 5.75 Å². The molecule has 25 heavy (non-hydrogen) atoms. The fourth-order valence-electron chi connectivity index (χ4n) is 2.95. The fourth-order valence-corrected chi connectivity index (χ4v) is 2.95. The summed E-state index contributed by atoms with van der Waals surface area (Å²) in [6.45, 7) is 0.0568. The number of morpholine rings is 1. The Balaban J connectivity index is 1.64. The van der Waals surface area contributed by atoms with Crippen molar-refractivity contribution in [1.82, 2.24) is 4.90 Å². The summed E-state index contributed by atoms with van der Waals surface area (Å²) in [5, 5.41) is 9.10. The number of benzene rings is 2. The van der Waals surface area contributed by atoms with E-state index in [-0.39, 0.29) is 18.5 Å². The van der Waals surface area contributed by atoms with Crippen molar-refractivity contribution in [1.29, 1.82) is 0 Å². The molecular formula is C19H21F2NO3. The van der Waals surface area contributed by atoms with Gasteiger partial charge in [0.05, 0.1) is 19.3 Å². The lowest BCUT2D eigenvalue weighted by Crippen LogP contribution is -2.37. The lowest BCUT2D eigenvalue weighted by atomic mass is 10.1. The van der Waals surface area contributed by atoms with Crippen LogP contribution in [0.2, 0.25) is 0 Å². The highest BCUT2D eigenvalue weighted by Gasteiger charge is 2.22. The van der Waals surface area contributed by atoms with Crippen LogP contribution >= 0.6 is 0 Å². The maximum Gasteiger partial charge on any atom is 0.387 e. The topological polar surface area (TPSA) is 41.9 Å². The second kappa shape index (κ2) is 8.38. The molecule has 134 valence electrons. The van der Waals surface area contributed by atoms with E-state index in [2.05, 4.69) is 9.64 Å². The van der Waals surface area contributed by atoms with Gasteiger partial charge in [0.1, 0.15) is 5.75 Å². The van der Waals surface area contributed by atoms with Gasteiger partial charge in [0, 0.05) is 19.6 Å². The van der Waals surface area contributed by atoms with E-state index in [0.29, 0.717) is 13.2 Å². The van der Waals surface area contributed by atoms with Crippen molar-refractivity contribution >= 4 is 0 Å². The maximum atomic E-state index is 12.4. The molecule has 0 saturated carbocycles. The first-order valence-electron chi connectivity index (χ1n) is 8.21. The van der Waals surface area contributed by atoms with Crippen LogP contribution < -0.4 is 4.74 Å². The van der Waals surface area contributed by atoms with E-state index in [0.717, 1.165) is 29.8 Å². The quantitative estimate of drug-likeness (QED) is 0.868. The van der Waals surface area contributed by atoms with Crippen LogP contribution in [0, 0.1) is 0 Å². The third kappa shape index (κ3) is 4.98. The Bertz CT molecular complexity index is 679. The summed E-state index contributed by atoms with van der Waals surface area (Å²) in [4.78, 5) is 2.27. The van der Waals surface area contributed by atoms with Crippen LogP contribution in [0.5, 0.6) is 5.75 Å². The number of hydrogen-bond donors (Lipinski definition) is 1. The van der Waals surface area contributed by atoms with Gasteiger partial charge in [0.25, 0.3) is 0 Å². The van der Waals surface area contributed by atoms with Gasteiger partial charge >= 0.3 is 6.61 Å². The molecule has 0 aromatic heterocycles. The molecular weight excluding hydrogens is 328 g/mol. The van der Waals surface area contributed by atoms with Gasteiger partial charge in [-0.05, 0) is 28.8 Å². The molecule has 0 spiro atoms. The van der Waals surface area contributed by atoms with Crippen LogP contribution in [-0.2, 0) is 17.9 Å².